The van der Waals surface area contributed by atoms with Crippen LogP contribution in [0.25, 0.3) is 11.0 Å². The summed E-state index contributed by atoms with van der Waals surface area (Å²) < 4.78 is 6.85. The van der Waals surface area contributed by atoms with Crippen LogP contribution in [0, 0.1) is 6.92 Å². The van der Waals surface area contributed by atoms with Crippen molar-refractivity contribution in [3.63, 3.8) is 0 Å². The van der Waals surface area contributed by atoms with Gasteiger partial charge >= 0.3 is 6.09 Å². The highest BCUT2D eigenvalue weighted by Gasteiger charge is 2.24. The monoisotopic (exact) mass is 395 g/mol. The van der Waals surface area contributed by atoms with Crippen LogP contribution >= 0.6 is 0 Å². The fourth-order valence-electron chi connectivity index (χ4n) is 3.39. The van der Waals surface area contributed by atoms with Gasteiger partial charge in [-0.1, -0.05) is 18.2 Å². The number of nitrogens with one attached hydrogen (secondary N) is 1. The molecule has 1 fully saturated rings. The van der Waals surface area contributed by atoms with Crippen LogP contribution in [0.3, 0.4) is 0 Å². The number of amides is 1. The molecule has 0 aliphatic carbocycles. The number of anilines is 3. The van der Waals surface area contributed by atoms with E-state index in [-0.39, 0.29) is 6.09 Å². The molecule has 3 aromatic rings. The summed E-state index contributed by atoms with van der Waals surface area (Å²) in [5.74, 6) is 1.35. The van der Waals surface area contributed by atoms with Crippen LogP contribution in [0.15, 0.2) is 30.5 Å². The first kappa shape index (κ1) is 19.0. The molecule has 1 aromatic carbocycles. The maximum Gasteiger partial charge on any atom is 0.409 e. The van der Waals surface area contributed by atoms with E-state index in [1.807, 2.05) is 32.2 Å². The Morgan fingerprint density at radius 3 is 2.66 bits per heavy atom. The summed E-state index contributed by atoms with van der Waals surface area (Å²) in [6.45, 7) is 6.69. The zero-order valence-electron chi connectivity index (χ0n) is 16.9. The summed E-state index contributed by atoms with van der Waals surface area (Å²) in [6.07, 6.45) is 1.51. The number of piperazine rings is 1. The zero-order valence-corrected chi connectivity index (χ0v) is 16.9. The van der Waals surface area contributed by atoms with Crippen molar-refractivity contribution in [2.24, 2.45) is 7.05 Å². The number of carbonyl (C=O) groups excluding carboxylic acids is 1. The van der Waals surface area contributed by atoms with E-state index in [1.165, 1.54) is 0 Å². The molecule has 1 amide bonds. The molecule has 4 rings (SSSR count). The second kappa shape index (κ2) is 7.94. The Morgan fingerprint density at radius 2 is 1.93 bits per heavy atom. The largest absolute Gasteiger partial charge is 0.450 e. The molecule has 0 bridgehead atoms. The number of para-hydroxylation sites is 1. The number of aromatic nitrogens is 4. The van der Waals surface area contributed by atoms with Gasteiger partial charge < -0.3 is 19.9 Å². The number of carbonyl (C=O) groups is 1. The average Bonchev–Trinajstić information content (AvgIpc) is 3.11. The molecule has 2 aromatic heterocycles. The first-order chi connectivity index (χ1) is 14.1. The lowest BCUT2D eigenvalue weighted by Crippen LogP contribution is -2.49. The van der Waals surface area contributed by atoms with Crippen molar-refractivity contribution in [2.75, 3.05) is 43.0 Å². The maximum absolute atomic E-state index is 11.9. The normalized spacial score (nSPS) is 14.3. The van der Waals surface area contributed by atoms with Gasteiger partial charge in [0, 0.05) is 38.9 Å². The topological polar surface area (TPSA) is 88.4 Å². The minimum atomic E-state index is -0.267. The third kappa shape index (κ3) is 3.80. The number of hydrogen-bond donors (Lipinski definition) is 1. The molecule has 152 valence electrons. The molecule has 1 aliphatic rings. The summed E-state index contributed by atoms with van der Waals surface area (Å²) in [5, 5.41) is 8.65. The van der Waals surface area contributed by atoms with Crippen LogP contribution in [0.5, 0.6) is 0 Å². The molecule has 0 radical (unpaired) electrons. The number of rotatable bonds is 4. The third-order valence-corrected chi connectivity index (χ3v) is 5.07. The average molecular weight is 395 g/mol. The van der Waals surface area contributed by atoms with Crippen LogP contribution in [0.4, 0.5) is 22.2 Å². The van der Waals surface area contributed by atoms with Crippen molar-refractivity contribution in [3.8, 4) is 0 Å². The molecule has 1 aliphatic heterocycles. The van der Waals surface area contributed by atoms with Crippen molar-refractivity contribution in [1.82, 2.24) is 24.6 Å². The lowest BCUT2D eigenvalue weighted by atomic mass is 10.2. The lowest BCUT2D eigenvalue weighted by molar-refractivity contribution is 0.105. The number of hydrogen-bond acceptors (Lipinski definition) is 7. The van der Waals surface area contributed by atoms with Gasteiger partial charge in [-0.3, -0.25) is 4.68 Å². The smallest absolute Gasteiger partial charge is 0.409 e. The molecular weight excluding hydrogens is 370 g/mol. The molecule has 0 unspecified atom stereocenters. The van der Waals surface area contributed by atoms with E-state index in [9.17, 15) is 4.79 Å². The van der Waals surface area contributed by atoms with Gasteiger partial charge in [-0.15, -0.1) is 0 Å². The first-order valence-corrected chi connectivity index (χ1v) is 9.76. The molecule has 1 saturated heterocycles. The minimum Gasteiger partial charge on any atom is -0.450 e. The van der Waals surface area contributed by atoms with Gasteiger partial charge in [0.15, 0.2) is 5.65 Å². The Hall–Kier alpha value is -3.36. The van der Waals surface area contributed by atoms with Crippen LogP contribution in [0.2, 0.25) is 0 Å². The standard InChI is InChI=1S/C20H25N7O2/c1-4-29-20(28)27-11-9-26(10-12-27)19-23-17(15-13-21-25(3)18(15)24-19)22-16-8-6-5-7-14(16)2/h5-8,13H,4,9-12H2,1-3H3,(H,22,23,24). The van der Waals surface area contributed by atoms with Crippen molar-refractivity contribution in [2.45, 2.75) is 13.8 Å². The summed E-state index contributed by atoms with van der Waals surface area (Å²) in [5.41, 5.74) is 2.89. The number of nitrogens with zero attached hydrogens (tertiary/aromatic N) is 6. The molecule has 1 N–H and O–H groups in total. The van der Waals surface area contributed by atoms with E-state index in [0.29, 0.717) is 38.7 Å². The van der Waals surface area contributed by atoms with Crippen molar-refractivity contribution in [1.29, 1.82) is 0 Å². The molecule has 29 heavy (non-hydrogen) atoms. The Labute approximate surface area is 169 Å². The summed E-state index contributed by atoms with van der Waals surface area (Å²) in [7, 11) is 1.87. The Morgan fingerprint density at radius 1 is 1.17 bits per heavy atom. The molecule has 0 atom stereocenters. The number of aryl methyl sites for hydroxylation is 2. The second-order valence-electron chi connectivity index (χ2n) is 6.99. The van der Waals surface area contributed by atoms with E-state index >= 15 is 0 Å². The quantitative estimate of drug-likeness (QED) is 0.726. The van der Waals surface area contributed by atoms with Crippen LogP contribution in [0.1, 0.15) is 12.5 Å². The van der Waals surface area contributed by atoms with Crippen LogP contribution in [-0.4, -0.2) is 63.5 Å². The van der Waals surface area contributed by atoms with Gasteiger partial charge in [0.05, 0.1) is 18.2 Å². The van der Waals surface area contributed by atoms with Gasteiger partial charge in [0.25, 0.3) is 0 Å². The lowest BCUT2D eigenvalue weighted by Gasteiger charge is -2.34. The molecular formula is C20H25N7O2. The fraction of sp³-hybridized carbons (Fsp3) is 0.400. The highest BCUT2D eigenvalue weighted by atomic mass is 16.6. The SMILES string of the molecule is CCOC(=O)N1CCN(c2nc(Nc3ccccc3C)c3cnn(C)c3n2)CC1. The van der Waals surface area contributed by atoms with E-state index in [4.69, 9.17) is 14.7 Å². The fourth-order valence-corrected chi connectivity index (χ4v) is 3.39. The number of benzene rings is 1. The minimum absolute atomic E-state index is 0.267. The Bertz CT molecular complexity index is 1020. The molecule has 0 saturated carbocycles. The van der Waals surface area contributed by atoms with Gasteiger partial charge in [0.1, 0.15) is 5.82 Å². The van der Waals surface area contributed by atoms with Gasteiger partial charge in [-0.05, 0) is 25.5 Å². The predicted octanol–water partition coefficient (Wildman–Crippen LogP) is 2.69. The highest BCUT2D eigenvalue weighted by molar-refractivity contribution is 5.89. The van der Waals surface area contributed by atoms with E-state index in [1.54, 1.807) is 15.8 Å². The number of ether oxygens (including phenoxy) is 1. The Balaban J connectivity index is 1.62. The van der Waals surface area contributed by atoms with Crippen molar-refractivity contribution >= 4 is 34.6 Å². The van der Waals surface area contributed by atoms with Gasteiger partial charge in [-0.25, -0.2) is 4.79 Å². The number of fused-ring (bicyclic) bond motifs is 1. The molecule has 3 heterocycles. The van der Waals surface area contributed by atoms with Gasteiger partial charge in [0.2, 0.25) is 5.95 Å². The summed E-state index contributed by atoms with van der Waals surface area (Å²) in [6, 6.07) is 8.08. The summed E-state index contributed by atoms with van der Waals surface area (Å²) in [4.78, 5) is 25.3. The third-order valence-electron chi connectivity index (χ3n) is 5.07. The predicted molar refractivity (Wildman–Crippen MR) is 112 cm³/mol. The summed E-state index contributed by atoms with van der Waals surface area (Å²) >= 11 is 0. The molecule has 9 heteroatoms. The zero-order chi connectivity index (χ0) is 20.4. The van der Waals surface area contributed by atoms with E-state index in [2.05, 4.69) is 28.3 Å². The highest BCUT2D eigenvalue weighted by Crippen LogP contribution is 2.27. The second-order valence-corrected chi connectivity index (χ2v) is 6.99. The van der Waals surface area contributed by atoms with Gasteiger partial charge in [-0.2, -0.15) is 15.1 Å². The van der Waals surface area contributed by atoms with Crippen LogP contribution in [-0.2, 0) is 11.8 Å². The maximum atomic E-state index is 11.9. The first-order valence-electron chi connectivity index (χ1n) is 9.76. The van der Waals surface area contributed by atoms with E-state index in [0.717, 1.165) is 28.1 Å². The van der Waals surface area contributed by atoms with Crippen molar-refractivity contribution < 1.29 is 9.53 Å². The Kier molecular flexibility index (Phi) is 5.20. The van der Waals surface area contributed by atoms with Crippen LogP contribution < -0.4 is 10.2 Å². The molecule has 9 nitrogen and oxygen atoms in total. The molecule has 0 spiro atoms. The van der Waals surface area contributed by atoms with E-state index < -0.39 is 0 Å². The van der Waals surface area contributed by atoms with Crippen molar-refractivity contribution in [3.05, 3.63) is 36.0 Å².